The molecule has 23 heavy (non-hydrogen) atoms. The van der Waals surface area contributed by atoms with Crippen LogP contribution in [0.25, 0.3) is 0 Å². The number of ether oxygens (including phenoxy) is 1. The predicted molar refractivity (Wildman–Crippen MR) is 91.5 cm³/mol. The second-order valence-electron chi connectivity index (χ2n) is 7.36. The van der Waals surface area contributed by atoms with E-state index in [1.807, 2.05) is 18.2 Å². The van der Waals surface area contributed by atoms with E-state index in [-0.39, 0.29) is 11.9 Å². The Morgan fingerprint density at radius 3 is 2.78 bits per heavy atom. The summed E-state index contributed by atoms with van der Waals surface area (Å²) in [6.45, 7) is 5.37. The number of rotatable bonds is 5. The normalized spacial score (nSPS) is 28.7. The Balaban J connectivity index is 1.46. The summed E-state index contributed by atoms with van der Waals surface area (Å²) in [4.78, 5) is 14.0. The van der Waals surface area contributed by atoms with E-state index in [0.717, 1.165) is 6.04 Å². The second-order valence-corrected chi connectivity index (χ2v) is 7.36. The second kappa shape index (κ2) is 7.96. The number of piperidine rings is 2. The zero-order valence-electron chi connectivity index (χ0n) is 14.3. The fraction of sp³-hybridized carbons (Fsp3) is 0.650. The summed E-state index contributed by atoms with van der Waals surface area (Å²) in [6.07, 6.45) is 7.04. The van der Waals surface area contributed by atoms with Crippen LogP contribution >= 0.6 is 0 Å². The molecule has 0 aromatic heterocycles. The largest absolute Gasteiger partial charge is 0.465 e. The van der Waals surface area contributed by atoms with Crippen LogP contribution in [-0.4, -0.2) is 31.7 Å². The van der Waals surface area contributed by atoms with Gasteiger partial charge in [0.2, 0.25) is 0 Å². The molecule has 3 heteroatoms. The van der Waals surface area contributed by atoms with E-state index in [4.69, 9.17) is 4.74 Å². The van der Waals surface area contributed by atoms with Crippen molar-refractivity contribution in [2.24, 2.45) is 5.92 Å². The van der Waals surface area contributed by atoms with Crippen LogP contribution in [0.1, 0.15) is 56.9 Å². The molecule has 0 amide bonds. The topological polar surface area (TPSA) is 30.7 Å². The van der Waals surface area contributed by atoms with Crippen LogP contribution in [0.5, 0.6) is 0 Å². The standard InChI is InChI=1S/C20H29NO2/c1-16(17-8-3-2-4-9-17)14-20(22)23-15-18-10-7-13-21-12-6-5-11-19(18)21/h2-4,8-9,16,18-19H,5-7,10-15H2,1H3/p+1/t16-,18-,19-/m1/s1. The number of hydrogen-bond donors (Lipinski definition) is 1. The molecule has 0 aliphatic carbocycles. The van der Waals surface area contributed by atoms with Gasteiger partial charge in [-0.25, -0.2) is 0 Å². The van der Waals surface area contributed by atoms with Crippen LogP contribution in [0.15, 0.2) is 30.3 Å². The first-order chi connectivity index (χ1) is 11.2. The van der Waals surface area contributed by atoms with Gasteiger partial charge in [-0.05, 0) is 43.6 Å². The third-order valence-electron chi connectivity index (χ3n) is 5.73. The molecule has 1 aromatic rings. The minimum atomic E-state index is -0.0377. The van der Waals surface area contributed by atoms with Gasteiger partial charge in [-0.2, -0.15) is 0 Å². The van der Waals surface area contributed by atoms with Crippen molar-refractivity contribution in [3.8, 4) is 0 Å². The predicted octanol–water partition coefficient (Wildman–Crippen LogP) is 2.57. The molecule has 2 aliphatic heterocycles. The Morgan fingerprint density at radius 2 is 1.96 bits per heavy atom. The number of hydrogen-bond acceptors (Lipinski definition) is 2. The van der Waals surface area contributed by atoms with Crippen LogP contribution in [-0.2, 0) is 9.53 Å². The Morgan fingerprint density at radius 1 is 1.17 bits per heavy atom. The van der Waals surface area contributed by atoms with E-state index in [9.17, 15) is 4.79 Å². The Kier molecular flexibility index (Phi) is 5.71. The number of carbonyl (C=O) groups is 1. The number of carbonyl (C=O) groups excluding carboxylic acids is 1. The van der Waals surface area contributed by atoms with Crippen LogP contribution < -0.4 is 4.90 Å². The fourth-order valence-electron chi connectivity index (χ4n) is 4.39. The molecule has 1 unspecified atom stereocenters. The van der Waals surface area contributed by atoms with Gasteiger partial charge < -0.3 is 9.64 Å². The van der Waals surface area contributed by atoms with Gasteiger partial charge in [0.15, 0.2) is 0 Å². The molecule has 3 rings (SSSR count). The van der Waals surface area contributed by atoms with Gasteiger partial charge in [0.05, 0.1) is 32.2 Å². The fourth-order valence-corrected chi connectivity index (χ4v) is 4.39. The average Bonchev–Trinajstić information content (AvgIpc) is 2.60. The number of quaternary nitrogens is 1. The zero-order valence-corrected chi connectivity index (χ0v) is 14.3. The maximum absolute atomic E-state index is 12.2. The summed E-state index contributed by atoms with van der Waals surface area (Å²) >= 11 is 0. The van der Waals surface area contributed by atoms with Crippen molar-refractivity contribution in [2.75, 3.05) is 19.7 Å². The van der Waals surface area contributed by atoms with E-state index in [0.29, 0.717) is 18.9 Å². The number of nitrogens with one attached hydrogen (secondary N) is 1. The molecular formula is C20H30NO2+. The van der Waals surface area contributed by atoms with Crippen molar-refractivity contribution < 1.29 is 14.4 Å². The first-order valence-corrected chi connectivity index (χ1v) is 9.29. The minimum absolute atomic E-state index is 0.0377. The number of fused-ring (bicyclic) bond motifs is 1. The lowest BCUT2D eigenvalue weighted by molar-refractivity contribution is -0.940. The van der Waals surface area contributed by atoms with E-state index in [1.165, 1.54) is 50.8 Å². The Bertz CT molecular complexity index is 500. The van der Waals surface area contributed by atoms with Gasteiger partial charge in [0.1, 0.15) is 0 Å². The SMILES string of the molecule is C[C@H](CC(=O)OC[C@H]1CCC[NH+]2CCCC[C@H]12)c1ccccc1. The van der Waals surface area contributed by atoms with Crippen molar-refractivity contribution >= 4 is 5.97 Å². The highest BCUT2D eigenvalue weighted by atomic mass is 16.5. The summed E-state index contributed by atoms with van der Waals surface area (Å²) < 4.78 is 5.67. The van der Waals surface area contributed by atoms with Crippen molar-refractivity contribution in [3.05, 3.63) is 35.9 Å². The van der Waals surface area contributed by atoms with Crippen molar-refractivity contribution in [3.63, 3.8) is 0 Å². The summed E-state index contributed by atoms with van der Waals surface area (Å²) in [6, 6.07) is 11.0. The molecule has 2 saturated heterocycles. The van der Waals surface area contributed by atoms with E-state index >= 15 is 0 Å². The molecule has 3 nitrogen and oxygen atoms in total. The molecule has 0 bridgehead atoms. The molecule has 0 saturated carbocycles. The highest BCUT2D eigenvalue weighted by Crippen LogP contribution is 2.22. The molecule has 2 heterocycles. The van der Waals surface area contributed by atoms with E-state index in [2.05, 4.69) is 19.1 Å². The van der Waals surface area contributed by atoms with Crippen LogP contribution in [0.3, 0.4) is 0 Å². The third-order valence-corrected chi connectivity index (χ3v) is 5.73. The molecule has 0 spiro atoms. The number of esters is 1. The van der Waals surface area contributed by atoms with Crippen LogP contribution in [0.4, 0.5) is 0 Å². The van der Waals surface area contributed by atoms with Crippen LogP contribution in [0, 0.1) is 5.92 Å². The summed E-state index contributed by atoms with van der Waals surface area (Å²) in [7, 11) is 0. The zero-order chi connectivity index (χ0) is 16.1. The quantitative estimate of drug-likeness (QED) is 0.847. The maximum atomic E-state index is 12.2. The van der Waals surface area contributed by atoms with Crippen LogP contribution in [0.2, 0.25) is 0 Å². The molecular weight excluding hydrogens is 286 g/mol. The molecule has 2 fully saturated rings. The molecule has 0 radical (unpaired) electrons. The van der Waals surface area contributed by atoms with Crippen molar-refractivity contribution in [1.82, 2.24) is 0 Å². The molecule has 1 aromatic carbocycles. The monoisotopic (exact) mass is 316 g/mol. The van der Waals surface area contributed by atoms with Gasteiger partial charge in [0, 0.05) is 5.92 Å². The van der Waals surface area contributed by atoms with Gasteiger partial charge in [-0.3, -0.25) is 4.79 Å². The lowest BCUT2D eigenvalue weighted by Gasteiger charge is -2.41. The minimum Gasteiger partial charge on any atom is -0.465 e. The summed E-state index contributed by atoms with van der Waals surface area (Å²) in [5.41, 5.74) is 1.21. The lowest BCUT2D eigenvalue weighted by Crippen LogP contribution is -3.18. The Labute approximate surface area is 140 Å². The third kappa shape index (κ3) is 4.35. The average molecular weight is 316 g/mol. The van der Waals surface area contributed by atoms with E-state index < -0.39 is 0 Å². The molecule has 4 atom stereocenters. The van der Waals surface area contributed by atoms with Crippen molar-refractivity contribution in [1.29, 1.82) is 0 Å². The Hall–Kier alpha value is -1.35. The molecule has 2 aliphatic rings. The van der Waals surface area contributed by atoms with Gasteiger partial charge in [0.25, 0.3) is 0 Å². The molecule has 126 valence electrons. The first-order valence-electron chi connectivity index (χ1n) is 9.29. The smallest absolute Gasteiger partial charge is 0.306 e. The first kappa shape index (κ1) is 16.5. The van der Waals surface area contributed by atoms with Gasteiger partial charge in [-0.1, -0.05) is 37.3 Å². The lowest BCUT2D eigenvalue weighted by atomic mass is 9.84. The van der Waals surface area contributed by atoms with E-state index in [1.54, 1.807) is 4.90 Å². The maximum Gasteiger partial charge on any atom is 0.306 e. The van der Waals surface area contributed by atoms with Gasteiger partial charge in [-0.15, -0.1) is 0 Å². The highest BCUT2D eigenvalue weighted by Gasteiger charge is 2.37. The summed E-state index contributed by atoms with van der Waals surface area (Å²) in [5, 5.41) is 0. The highest BCUT2D eigenvalue weighted by molar-refractivity contribution is 5.70. The van der Waals surface area contributed by atoms with Crippen molar-refractivity contribution in [2.45, 2.75) is 57.4 Å². The van der Waals surface area contributed by atoms with Gasteiger partial charge >= 0.3 is 5.97 Å². The summed E-state index contributed by atoms with van der Waals surface area (Å²) in [5.74, 6) is 0.770. The molecule has 1 N–H and O–H groups in total. The number of benzene rings is 1.